The smallest absolute Gasteiger partial charge is 0.153 e. The van der Waals surface area contributed by atoms with E-state index in [4.69, 9.17) is 10.3 Å². The summed E-state index contributed by atoms with van der Waals surface area (Å²) >= 11 is 0. The standard InChI is InChI=1S/C10H16N2O/c1-7-6-9(13-12-7)10(11)8-4-2-3-5-8/h6,8,10H,2-5,11H2,1H3. The summed E-state index contributed by atoms with van der Waals surface area (Å²) in [5.41, 5.74) is 7.00. The quantitative estimate of drug-likeness (QED) is 0.758. The van der Waals surface area contributed by atoms with Crippen molar-refractivity contribution in [2.45, 2.75) is 38.6 Å². The summed E-state index contributed by atoms with van der Waals surface area (Å²) in [7, 11) is 0. The van der Waals surface area contributed by atoms with E-state index in [-0.39, 0.29) is 6.04 Å². The van der Waals surface area contributed by atoms with Gasteiger partial charge in [0.15, 0.2) is 5.76 Å². The highest BCUT2D eigenvalue weighted by molar-refractivity contribution is 5.08. The van der Waals surface area contributed by atoms with Gasteiger partial charge < -0.3 is 10.3 Å². The van der Waals surface area contributed by atoms with Crippen molar-refractivity contribution >= 4 is 0 Å². The van der Waals surface area contributed by atoms with Gasteiger partial charge in [-0.1, -0.05) is 18.0 Å². The Labute approximate surface area is 78.3 Å². The molecular weight excluding hydrogens is 164 g/mol. The number of aromatic nitrogens is 1. The summed E-state index contributed by atoms with van der Waals surface area (Å²) in [6, 6.07) is 2.01. The van der Waals surface area contributed by atoms with E-state index in [9.17, 15) is 0 Å². The van der Waals surface area contributed by atoms with E-state index in [1.807, 2.05) is 13.0 Å². The maximum atomic E-state index is 6.08. The number of nitrogens with two attached hydrogens (primary N) is 1. The Balaban J connectivity index is 2.07. The largest absolute Gasteiger partial charge is 0.359 e. The summed E-state index contributed by atoms with van der Waals surface area (Å²) in [5.74, 6) is 1.46. The van der Waals surface area contributed by atoms with Crippen molar-refractivity contribution in [1.82, 2.24) is 5.16 Å². The molecule has 2 rings (SSSR count). The SMILES string of the molecule is Cc1cc(C(N)C2CCCC2)on1. The first-order valence-electron chi connectivity index (χ1n) is 4.96. The Hall–Kier alpha value is -0.830. The van der Waals surface area contributed by atoms with Crippen LogP contribution < -0.4 is 5.73 Å². The fourth-order valence-corrected chi connectivity index (χ4v) is 2.09. The van der Waals surface area contributed by atoms with Gasteiger partial charge in [-0.3, -0.25) is 0 Å². The first kappa shape index (κ1) is 8.75. The summed E-state index contributed by atoms with van der Waals surface area (Å²) in [6.45, 7) is 1.92. The van der Waals surface area contributed by atoms with Crippen LogP contribution in [0.3, 0.4) is 0 Å². The molecule has 0 aliphatic heterocycles. The van der Waals surface area contributed by atoms with Crippen molar-refractivity contribution in [3.05, 3.63) is 17.5 Å². The molecule has 1 aliphatic rings. The van der Waals surface area contributed by atoms with Crippen LogP contribution in [-0.4, -0.2) is 5.16 Å². The third-order valence-electron chi connectivity index (χ3n) is 2.88. The van der Waals surface area contributed by atoms with Crippen LogP contribution in [0.5, 0.6) is 0 Å². The maximum absolute atomic E-state index is 6.08. The van der Waals surface area contributed by atoms with Crippen molar-refractivity contribution in [1.29, 1.82) is 0 Å². The highest BCUT2D eigenvalue weighted by Gasteiger charge is 2.25. The zero-order chi connectivity index (χ0) is 9.26. The second-order valence-electron chi connectivity index (χ2n) is 3.94. The highest BCUT2D eigenvalue weighted by Crippen LogP contribution is 2.34. The van der Waals surface area contributed by atoms with Crippen LogP contribution in [0.2, 0.25) is 0 Å². The minimum atomic E-state index is 0.0590. The fraction of sp³-hybridized carbons (Fsp3) is 0.700. The molecule has 1 heterocycles. The van der Waals surface area contributed by atoms with E-state index in [0.717, 1.165) is 11.5 Å². The van der Waals surface area contributed by atoms with Crippen molar-refractivity contribution in [3.8, 4) is 0 Å². The van der Waals surface area contributed by atoms with Gasteiger partial charge in [-0.15, -0.1) is 0 Å². The molecule has 0 saturated heterocycles. The van der Waals surface area contributed by atoms with Gasteiger partial charge in [0.05, 0.1) is 11.7 Å². The molecule has 1 fully saturated rings. The molecule has 1 unspecified atom stereocenters. The lowest BCUT2D eigenvalue weighted by Crippen LogP contribution is -2.18. The Kier molecular flexibility index (Phi) is 2.36. The van der Waals surface area contributed by atoms with Crippen LogP contribution in [0.15, 0.2) is 10.6 Å². The molecule has 3 nitrogen and oxygen atoms in total. The van der Waals surface area contributed by atoms with Gasteiger partial charge in [0.2, 0.25) is 0 Å². The average Bonchev–Trinajstić information content (AvgIpc) is 2.72. The Morgan fingerprint density at radius 3 is 2.77 bits per heavy atom. The van der Waals surface area contributed by atoms with Gasteiger partial charge in [-0.25, -0.2) is 0 Å². The zero-order valence-corrected chi connectivity index (χ0v) is 7.99. The second-order valence-corrected chi connectivity index (χ2v) is 3.94. The molecule has 2 N–H and O–H groups in total. The second kappa shape index (κ2) is 3.50. The monoisotopic (exact) mass is 180 g/mol. The van der Waals surface area contributed by atoms with E-state index in [1.54, 1.807) is 0 Å². The lowest BCUT2D eigenvalue weighted by molar-refractivity contribution is 0.314. The Morgan fingerprint density at radius 2 is 2.23 bits per heavy atom. The topological polar surface area (TPSA) is 52.0 Å². The van der Waals surface area contributed by atoms with E-state index < -0.39 is 0 Å². The van der Waals surface area contributed by atoms with Gasteiger partial charge in [0, 0.05) is 6.07 Å². The van der Waals surface area contributed by atoms with E-state index in [2.05, 4.69) is 5.16 Å². The third kappa shape index (κ3) is 1.75. The number of rotatable bonds is 2. The summed E-state index contributed by atoms with van der Waals surface area (Å²) < 4.78 is 5.16. The molecule has 0 spiro atoms. The normalized spacial score (nSPS) is 20.8. The van der Waals surface area contributed by atoms with Crippen LogP contribution >= 0.6 is 0 Å². The molecule has 72 valence electrons. The van der Waals surface area contributed by atoms with Gasteiger partial charge in [0.25, 0.3) is 0 Å². The van der Waals surface area contributed by atoms with Crippen LogP contribution in [0.25, 0.3) is 0 Å². The molecule has 1 atom stereocenters. The lowest BCUT2D eigenvalue weighted by Gasteiger charge is -2.14. The number of aryl methyl sites for hydroxylation is 1. The molecular formula is C10H16N2O. The number of hydrogen-bond donors (Lipinski definition) is 1. The predicted octanol–water partition coefficient (Wildman–Crippen LogP) is 2.17. The number of nitrogens with zero attached hydrogens (tertiary/aromatic N) is 1. The molecule has 13 heavy (non-hydrogen) atoms. The van der Waals surface area contributed by atoms with Gasteiger partial charge in [-0.2, -0.15) is 0 Å². The van der Waals surface area contributed by atoms with Gasteiger partial charge in [0.1, 0.15) is 0 Å². The fourth-order valence-electron chi connectivity index (χ4n) is 2.09. The first-order chi connectivity index (χ1) is 6.27. The number of hydrogen-bond acceptors (Lipinski definition) is 3. The van der Waals surface area contributed by atoms with Crippen molar-refractivity contribution in [2.24, 2.45) is 11.7 Å². The molecule has 0 amide bonds. The van der Waals surface area contributed by atoms with Gasteiger partial charge in [-0.05, 0) is 25.7 Å². The van der Waals surface area contributed by atoms with E-state index in [0.29, 0.717) is 5.92 Å². The molecule has 1 aliphatic carbocycles. The van der Waals surface area contributed by atoms with Crippen molar-refractivity contribution in [3.63, 3.8) is 0 Å². The summed E-state index contributed by atoms with van der Waals surface area (Å²) in [5, 5.41) is 3.85. The van der Waals surface area contributed by atoms with Crippen LogP contribution in [0.1, 0.15) is 43.2 Å². The molecule has 3 heteroatoms. The minimum Gasteiger partial charge on any atom is -0.359 e. The molecule has 1 aromatic rings. The highest BCUT2D eigenvalue weighted by atomic mass is 16.5. The molecule has 0 bridgehead atoms. The lowest BCUT2D eigenvalue weighted by atomic mass is 9.97. The summed E-state index contributed by atoms with van der Waals surface area (Å²) in [6.07, 6.45) is 5.10. The summed E-state index contributed by atoms with van der Waals surface area (Å²) in [4.78, 5) is 0. The Bertz CT molecular complexity index is 276. The van der Waals surface area contributed by atoms with Crippen molar-refractivity contribution in [2.75, 3.05) is 0 Å². The van der Waals surface area contributed by atoms with Gasteiger partial charge >= 0.3 is 0 Å². The zero-order valence-electron chi connectivity index (χ0n) is 7.99. The predicted molar refractivity (Wildman–Crippen MR) is 50.1 cm³/mol. The average molecular weight is 180 g/mol. The van der Waals surface area contributed by atoms with E-state index in [1.165, 1.54) is 25.7 Å². The third-order valence-corrected chi connectivity index (χ3v) is 2.88. The van der Waals surface area contributed by atoms with Crippen molar-refractivity contribution < 1.29 is 4.52 Å². The van der Waals surface area contributed by atoms with Crippen LogP contribution in [0, 0.1) is 12.8 Å². The van der Waals surface area contributed by atoms with Crippen LogP contribution in [-0.2, 0) is 0 Å². The molecule has 0 radical (unpaired) electrons. The van der Waals surface area contributed by atoms with Crippen LogP contribution in [0.4, 0.5) is 0 Å². The molecule has 0 aromatic carbocycles. The minimum absolute atomic E-state index is 0.0590. The molecule has 1 saturated carbocycles. The Morgan fingerprint density at radius 1 is 1.54 bits per heavy atom. The first-order valence-corrected chi connectivity index (χ1v) is 4.96. The molecule has 1 aromatic heterocycles. The maximum Gasteiger partial charge on any atom is 0.153 e. The van der Waals surface area contributed by atoms with E-state index >= 15 is 0 Å².